The highest BCUT2D eigenvalue weighted by Crippen LogP contribution is 2.47. The molecule has 19 heteroatoms. The van der Waals surface area contributed by atoms with Crippen molar-refractivity contribution in [2.24, 2.45) is 10.8 Å². The van der Waals surface area contributed by atoms with Crippen LogP contribution in [0, 0.1) is 10.8 Å². The summed E-state index contributed by atoms with van der Waals surface area (Å²) >= 11 is 1.52. The van der Waals surface area contributed by atoms with Crippen molar-refractivity contribution >= 4 is 45.8 Å². The lowest BCUT2D eigenvalue weighted by molar-refractivity contribution is -0.202. The summed E-state index contributed by atoms with van der Waals surface area (Å²) in [6.45, 7) is 18.8. The molecule has 5 atom stereocenters. The van der Waals surface area contributed by atoms with Crippen molar-refractivity contribution in [1.29, 1.82) is 0 Å². The van der Waals surface area contributed by atoms with Crippen molar-refractivity contribution in [3.63, 3.8) is 0 Å². The standard InChI is InChI=1S/C56H76N10O8S/c1-35-12-16-64(35)54(69)59-48-50(63-30-56(31-63)33-72-34-56)51-58-45(29-75-51)37-8-11-46-41(25-37)43(27-55(3,4)32-74-53(68)44-7-6-15-66(60-44)52(48)67)49(65(46)21-24-73-40-13-22-71-23-14-40)42-26-39(28-57-47(42)36(2)70-5)62-19-17-61(18-20-62)38-9-10-38/h8,11,25-26,28-29,35-36,38,40,44,48,50,60H,6-7,9-10,12-24,27,30-34H2,1-5H3,(H,59,69)/t35-,36+,44+,48+,50+/m1/s1. The molecule has 1 aliphatic carbocycles. The summed E-state index contributed by atoms with van der Waals surface area (Å²) in [6, 6.07) is 7.21. The van der Waals surface area contributed by atoms with Crippen LogP contribution in [0.1, 0.15) is 101 Å². The maximum absolute atomic E-state index is 15.2. The molecule has 7 fully saturated rings. The number of amides is 3. The van der Waals surface area contributed by atoms with E-state index in [0.29, 0.717) is 85.0 Å². The molecule has 3 aromatic heterocycles. The molecule has 10 heterocycles. The Morgan fingerprint density at radius 2 is 1.76 bits per heavy atom. The smallest absolute Gasteiger partial charge is 0.324 e. The van der Waals surface area contributed by atoms with Gasteiger partial charge in [-0.15, -0.1) is 11.3 Å². The minimum Gasteiger partial charge on any atom is -0.464 e. The number of nitrogens with zero attached hydrogens (tertiary/aromatic N) is 8. The second-order valence-corrected chi connectivity index (χ2v) is 24.5. The molecule has 2 N–H and O–H groups in total. The number of anilines is 1. The van der Waals surface area contributed by atoms with Crippen molar-refractivity contribution in [3.8, 4) is 22.5 Å². The maximum atomic E-state index is 15.2. The van der Waals surface area contributed by atoms with E-state index in [1.807, 2.05) is 13.1 Å². The lowest BCUT2D eigenvalue weighted by atomic mass is 9.76. The topological polar surface area (TPSA) is 168 Å². The third-order valence-corrected chi connectivity index (χ3v) is 18.4. The molecular weight excluding hydrogens is 973 g/mol. The van der Waals surface area contributed by atoms with Crippen LogP contribution in [0.2, 0.25) is 0 Å². The first-order chi connectivity index (χ1) is 36.3. The van der Waals surface area contributed by atoms with Gasteiger partial charge in [-0.1, -0.05) is 19.9 Å². The molecule has 18 nitrogen and oxygen atoms in total. The molecule has 1 saturated carbocycles. The van der Waals surface area contributed by atoms with Crippen LogP contribution < -0.4 is 15.6 Å². The Kier molecular flexibility index (Phi) is 14.2. The van der Waals surface area contributed by atoms with Crippen molar-refractivity contribution in [1.82, 2.24) is 45.0 Å². The largest absolute Gasteiger partial charge is 0.464 e. The van der Waals surface area contributed by atoms with Gasteiger partial charge in [0.25, 0.3) is 5.91 Å². The van der Waals surface area contributed by atoms with E-state index in [1.165, 1.54) is 24.2 Å². The van der Waals surface area contributed by atoms with E-state index < -0.39 is 29.5 Å². The number of hydrogen-bond donors (Lipinski definition) is 2. The molecule has 12 rings (SSSR count). The molecule has 1 spiro atoms. The number of carbonyl (C=O) groups is 3. The second-order valence-electron chi connectivity index (χ2n) is 23.6. The third kappa shape index (κ3) is 10.2. The van der Waals surface area contributed by atoms with Crippen LogP contribution >= 0.6 is 11.3 Å². The number of piperazine rings is 1. The first-order valence-electron chi connectivity index (χ1n) is 27.8. The maximum Gasteiger partial charge on any atom is 0.324 e. The summed E-state index contributed by atoms with van der Waals surface area (Å²) in [5, 5.41) is 8.70. The SMILES string of the molecule is CO[C@@H](C)c1ncc(N2CCN(C3CC3)CC2)cc1-c1c2c3cc(ccc3n1CCOC1CCOCC1)-c1csc(n1)[C@@H](N1CC3(COC3)C1)[C@H](NC(=O)N1CC[C@H]1C)C(=O)N1CCC[C@H](N1)C(=O)OCC(C)(C)C2. The van der Waals surface area contributed by atoms with E-state index in [1.54, 1.807) is 17.0 Å². The number of methoxy groups -OCH3 is 1. The Morgan fingerprint density at radius 1 is 0.960 bits per heavy atom. The van der Waals surface area contributed by atoms with Crippen LogP contribution in [0.4, 0.5) is 10.5 Å². The van der Waals surface area contributed by atoms with E-state index in [-0.39, 0.29) is 42.2 Å². The van der Waals surface area contributed by atoms with Crippen molar-refractivity contribution in [2.45, 2.75) is 128 Å². The molecule has 7 aliphatic heterocycles. The molecule has 0 unspecified atom stereocenters. The summed E-state index contributed by atoms with van der Waals surface area (Å²) < 4.78 is 33.0. The van der Waals surface area contributed by atoms with E-state index in [9.17, 15) is 9.59 Å². The van der Waals surface area contributed by atoms with E-state index >= 15 is 4.79 Å². The lowest BCUT2D eigenvalue weighted by Crippen LogP contribution is -2.70. The Bertz CT molecular complexity index is 2750. The molecule has 6 saturated heterocycles. The van der Waals surface area contributed by atoms with Gasteiger partial charge in [-0.3, -0.25) is 29.4 Å². The lowest BCUT2D eigenvalue weighted by Gasteiger charge is -2.58. The van der Waals surface area contributed by atoms with Crippen LogP contribution in [-0.2, 0) is 46.2 Å². The Hall–Kier alpha value is -4.73. The van der Waals surface area contributed by atoms with Gasteiger partial charge in [0, 0.05) is 130 Å². The van der Waals surface area contributed by atoms with Crippen LogP contribution in [0.25, 0.3) is 33.4 Å². The number of fused-ring (bicyclic) bond motifs is 6. The first-order valence-corrected chi connectivity index (χ1v) is 28.7. The highest BCUT2D eigenvalue weighted by atomic mass is 32.1. The van der Waals surface area contributed by atoms with Gasteiger partial charge in [0.15, 0.2) is 0 Å². The first kappa shape index (κ1) is 51.1. The van der Waals surface area contributed by atoms with Crippen molar-refractivity contribution in [3.05, 3.63) is 52.1 Å². The summed E-state index contributed by atoms with van der Waals surface area (Å²) in [7, 11) is 1.75. The average molecular weight is 1050 g/mol. The van der Waals surface area contributed by atoms with Gasteiger partial charge in [0.1, 0.15) is 17.1 Å². The number of hydrazine groups is 1. The molecule has 1 aromatic carbocycles. The van der Waals surface area contributed by atoms with Crippen LogP contribution in [0.5, 0.6) is 0 Å². The monoisotopic (exact) mass is 1050 g/mol. The minimum atomic E-state index is -0.994. The van der Waals surface area contributed by atoms with E-state index in [4.69, 9.17) is 33.7 Å². The molecule has 0 radical (unpaired) electrons. The van der Waals surface area contributed by atoms with Crippen LogP contribution in [0.15, 0.2) is 35.8 Å². The van der Waals surface area contributed by atoms with Gasteiger partial charge in [-0.2, -0.15) is 0 Å². The van der Waals surface area contributed by atoms with Crippen molar-refractivity contribution in [2.75, 3.05) is 104 Å². The highest BCUT2D eigenvalue weighted by molar-refractivity contribution is 7.10. The number of likely N-dealkylation sites (tertiary alicyclic amines) is 2. The van der Waals surface area contributed by atoms with Crippen LogP contribution in [-0.4, -0.2) is 182 Å². The number of ether oxygens (including phenoxy) is 5. The molecule has 6 bridgehead atoms. The number of thiazole rings is 1. The number of nitrogens with one attached hydrogen (secondary N) is 2. The molecular formula is C56H76N10O8S. The zero-order valence-corrected chi connectivity index (χ0v) is 45.3. The third-order valence-electron chi connectivity index (χ3n) is 17.4. The normalized spacial score (nSPS) is 27.1. The molecule has 8 aliphatic rings. The van der Waals surface area contributed by atoms with E-state index in [2.05, 4.69) is 80.4 Å². The minimum absolute atomic E-state index is 0.0187. The quantitative estimate of drug-likeness (QED) is 0.164. The Labute approximate surface area is 444 Å². The average Bonchev–Trinajstić information content (AvgIpc) is 4.07. The number of pyridine rings is 1. The molecule has 75 heavy (non-hydrogen) atoms. The van der Waals surface area contributed by atoms with Gasteiger partial charge in [-0.25, -0.2) is 15.2 Å². The fourth-order valence-corrected chi connectivity index (χ4v) is 13.6. The highest BCUT2D eigenvalue weighted by Gasteiger charge is 2.55. The van der Waals surface area contributed by atoms with Gasteiger partial charge in [0.05, 0.1) is 73.6 Å². The number of aromatic nitrogens is 3. The van der Waals surface area contributed by atoms with Gasteiger partial charge >= 0.3 is 12.0 Å². The number of urea groups is 1. The fraction of sp³-hybridized carbons (Fsp3) is 0.661. The van der Waals surface area contributed by atoms with Gasteiger partial charge in [-0.05, 0) is 89.0 Å². The Balaban J connectivity index is 1.00. The van der Waals surface area contributed by atoms with Gasteiger partial charge < -0.3 is 43.4 Å². The Morgan fingerprint density at radius 3 is 2.47 bits per heavy atom. The van der Waals surface area contributed by atoms with Crippen molar-refractivity contribution < 1.29 is 38.1 Å². The summed E-state index contributed by atoms with van der Waals surface area (Å²) in [4.78, 5) is 63.6. The number of esters is 1. The summed E-state index contributed by atoms with van der Waals surface area (Å²) in [6.07, 6.45) is 8.76. The zero-order chi connectivity index (χ0) is 51.6. The number of carbonyl (C=O) groups excluding carboxylic acids is 3. The van der Waals surface area contributed by atoms with Crippen LogP contribution in [0.3, 0.4) is 0 Å². The van der Waals surface area contributed by atoms with Gasteiger partial charge in [0.2, 0.25) is 0 Å². The van der Waals surface area contributed by atoms with E-state index in [0.717, 1.165) is 107 Å². The number of cyclic esters (lactones) is 1. The molecule has 3 amide bonds. The summed E-state index contributed by atoms with van der Waals surface area (Å²) in [5.74, 6) is -0.706. The second kappa shape index (κ2) is 20.9. The predicted octanol–water partition coefficient (Wildman–Crippen LogP) is 6.18. The molecule has 404 valence electrons. The fourth-order valence-electron chi connectivity index (χ4n) is 12.6. The number of benzene rings is 1. The molecule has 4 aromatic rings. The number of hydrogen-bond acceptors (Lipinski definition) is 15. The number of rotatable bonds is 11. The predicted molar refractivity (Wildman–Crippen MR) is 285 cm³/mol. The summed E-state index contributed by atoms with van der Waals surface area (Å²) in [5.41, 5.74) is 10.7. The zero-order valence-electron chi connectivity index (χ0n) is 44.5.